The maximum atomic E-state index is 13.1. The summed E-state index contributed by atoms with van der Waals surface area (Å²) in [5.41, 5.74) is 5.61. The fourth-order valence-corrected chi connectivity index (χ4v) is 1.46. The highest BCUT2D eigenvalue weighted by Crippen LogP contribution is 2.22. The van der Waals surface area contributed by atoms with E-state index in [4.69, 9.17) is 5.73 Å². The van der Waals surface area contributed by atoms with Crippen molar-refractivity contribution in [2.24, 2.45) is 5.73 Å². The Bertz CT molecular complexity index is 297. The smallest absolute Gasteiger partial charge is 0.165 e. The van der Waals surface area contributed by atoms with E-state index in [1.54, 1.807) is 12.3 Å². The average molecular weight is 181 g/mol. The third kappa shape index (κ3) is 1.78. The first kappa shape index (κ1) is 8.44. The fourth-order valence-electron chi connectivity index (χ4n) is 1.46. The van der Waals surface area contributed by atoms with Crippen molar-refractivity contribution >= 4 is 5.82 Å². The normalized spacial score (nSPS) is 26.6. The molecule has 13 heavy (non-hydrogen) atoms. The number of pyridine rings is 1. The van der Waals surface area contributed by atoms with E-state index >= 15 is 0 Å². The molecule has 1 fully saturated rings. The fraction of sp³-hybridized carbons (Fsp3) is 0.444. The second-order valence-electron chi connectivity index (χ2n) is 3.41. The number of nitrogens with two attached hydrogens (primary N) is 1. The molecule has 1 aliphatic rings. The van der Waals surface area contributed by atoms with Crippen molar-refractivity contribution in [1.82, 2.24) is 4.98 Å². The van der Waals surface area contributed by atoms with Crippen molar-refractivity contribution < 1.29 is 4.39 Å². The van der Waals surface area contributed by atoms with E-state index in [1.165, 1.54) is 6.07 Å². The molecule has 70 valence electrons. The molecule has 0 aliphatic heterocycles. The minimum absolute atomic E-state index is 0.268. The highest BCUT2D eigenvalue weighted by molar-refractivity contribution is 5.37. The van der Waals surface area contributed by atoms with E-state index in [9.17, 15) is 4.39 Å². The zero-order valence-corrected chi connectivity index (χ0v) is 7.20. The molecule has 0 spiro atoms. The monoisotopic (exact) mass is 181 g/mol. The van der Waals surface area contributed by atoms with Crippen LogP contribution >= 0.6 is 0 Å². The van der Waals surface area contributed by atoms with E-state index in [-0.39, 0.29) is 11.9 Å². The van der Waals surface area contributed by atoms with Gasteiger partial charge in [0.2, 0.25) is 0 Å². The summed E-state index contributed by atoms with van der Waals surface area (Å²) in [6.07, 6.45) is 3.37. The number of hydrogen-bond donors (Lipinski definition) is 2. The molecular weight excluding hydrogens is 169 g/mol. The summed E-state index contributed by atoms with van der Waals surface area (Å²) in [7, 11) is 0. The number of aromatic nitrogens is 1. The van der Waals surface area contributed by atoms with Gasteiger partial charge in [-0.05, 0) is 25.0 Å². The molecule has 0 unspecified atom stereocenters. The second-order valence-corrected chi connectivity index (χ2v) is 3.41. The number of rotatable bonds is 2. The summed E-state index contributed by atoms with van der Waals surface area (Å²) in [5.74, 6) is 0.0300. The van der Waals surface area contributed by atoms with Gasteiger partial charge in [0.05, 0.1) is 0 Å². The van der Waals surface area contributed by atoms with Crippen LogP contribution in [0.4, 0.5) is 10.2 Å². The lowest BCUT2D eigenvalue weighted by Gasteiger charge is -2.33. The number of hydrogen-bond acceptors (Lipinski definition) is 3. The molecule has 1 aromatic heterocycles. The molecule has 1 aliphatic carbocycles. The van der Waals surface area contributed by atoms with Gasteiger partial charge in [-0.25, -0.2) is 9.37 Å². The van der Waals surface area contributed by atoms with Gasteiger partial charge in [-0.3, -0.25) is 0 Å². The summed E-state index contributed by atoms with van der Waals surface area (Å²) in [6, 6.07) is 3.53. The molecular formula is C9H12FN3. The molecule has 4 heteroatoms. The van der Waals surface area contributed by atoms with E-state index < -0.39 is 0 Å². The first-order valence-electron chi connectivity index (χ1n) is 4.38. The quantitative estimate of drug-likeness (QED) is 0.718. The zero-order chi connectivity index (χ0) is 9.26. The molecule has 0 bridgehead atoms. The van der Waals surface area contributed by atoms with Crippen molar-refractivity contribution in [2.75, 3.05) is 5.32 Å². The Morgan fingerprint density at radius 1 is 1.54 bits per heavy atom. The van der Waals surface area contributed by atoms with Crippen molar-refractivity contribution in [2.45, 2.75) is 24.9 Å². The van der Waals surface area contributed by atoms with Gasteiger partial charge in [-0.15, -0.1) is 0 Å². The average Bonchev–Trinajstić information content (AvgIpc) is 2.06. The van der Waals surface area contributed by atoms with Crippen LogP contribution in [0, 0.1) is 5.82 Å². The lowest BCUT2D eigenvalue weighted by Crippen LogP contribution is -2.44. The topological polar surface area (TPSA) is 50.9 Å². The minimum atomic E-state index is -0.303. The summed E-state index contributed by atoms with van der Waals surface area (Å²) in [6.45, 7) is 0. The molecule has 0 amide bonds. The van der Waals surface area contributed by atoms with Crippen LogP contribution in [0.5, 0.6) is 0 Å². The van der Waals surface area contributed by atoms with Crippen LogP contribution in [-0.2, 0) is 0 Å². The van der Waals surface area contributed by atoms with Crippen LogP contribution in [-0.4, -0.2) is 17.1 Å². The van der Waals surface area contributed by atoms with Crippen LogP contribution in [0.15, 0.2) is 18.3 Å². The van der Waals surface area contributed by atoms with Crippen molar-refractivity contribution in [3.63, 3.8) is 0 Å². The highest BCUT2D eigenvalue weighted by atomic mass is 19.1. The number of halogens is 1. The summed E-state index contributed by atoms with van der Waals surface area (Å²) in [5, 5.41) is 3.01. The molecule has 0 radical (unpaired) electrons. The van der Waals surface area contributed by atoms with E-state index in [1.807, 2.05) is 0 Å². The molecule has 0 atom stereocenters. The molecule has 3 N–H and O–H groups in total. The largest absolute Gasteiger partial charge is 0.365 e. The van der Waals surface area contributed by atoms with Crippen LogP contribution < -0.4 is 11.1 Å². The third-order valence-corrected chi connectivity index (χ3v) is 2.27. The van der Waals surface area contributed by atoms with Crippen molar-refractivity contribution in [3.8, 4) is 0 Å². The first-order valence-corrected chi connectivity index (χ1v) is 4.38. The Labute approximate surface area is 76.2 Å². The van der Waals surface area contributed by atoms with Gasteiger partial charge in [-0.2, -0.15) is 0 Å². The number of nitrogens with one attached hydrogen (secondary N) is 1. The molecule has 0 saturated heterocycles. The molecule has 1 saturated carbocycles. The highest BCUT2D eigenvalue weighted by Gasteiger charge is 2.26. The Hall–Kier alpha value is -1.16. The predicted octanol–water partition coefficient (Wildman–Crippen LogP) is 1.12. The SMILES string of the molecule is NC1CC(Nc2ncccc2F)C1. The van der Waals surface area contributed by atoms with Gasteiger partial charge in [-0.1, -0.05) is 0 Å². The maximum absolute atomic E-state index is 13.1. The van der Waals surface area contributed by atoms with Crippen LogP contribution in [0.2, 0.25) is 0 Å². The van der Waals surface area contributed by atoms with Gasteiger partial charge < -0.3 is 11.1 Å². The second kappa shape index (κ2) is 3.30. The Morgan fingerprint density at radius 3 is 2.92 bits per heavy atom. The van der Waals surface area contributed by atoms with Gasteiger partial charge in [0.25, 0.3) is 0 Å². The van der Waals surface area contributed by atoms with Crippen molar-refractivity contribution in [1.29, 1.82) is 0 Å². The van der Waals surface area contributed by atoms with E-state index in [0.29, 0.717) is 11.9 Å². The van der Waals surface area contributed by atoms with Crippen LogP contribution in [0.25, 0.3) is 0 Å². The third-order valence-electron chi connectivity index (χ3n) is 2.27. The van der Waals surface area contributed by atoms with Gasteiger partial charge in [0.1, 0.15) is 0 Å². The molecule has 0 aromatic carbocycles. The first-order chi connectivity index (χ1) is 6.25. The Morgan fingerprint density at radius 2 is 2.31 bits per heavy atom. The van der Waals surface area contributed by atoms with Gasteiger partial charge >= 0.3 is 0 Å². The predicted molar refractivity (Wildman–Crippen MR) is 48.8 cm³/mol. The zero-order valence-electron chi connectivity index (χ0n) is 7.20. The number of anilines is 1. The maximum Gasteiger partial charge on any atom is 0.165 e. The Kier molecular flexibility index (Phi) is 2.14. The Balaban J connectivity index is 1.98. The minimum Gasteiger partial charge on any atom is -0.365 e. The van der Waals surface area contributed by atoms with Gasteiger partial charge in [0.15, 0.2) is 11.6 Å². The standard InChI is InChI=1S/C9H12FN3/c10-8-2-1-3-12-9(8)13-7-4-6(11)5-7/h1-3,6-7H,4-5,11H2,(H,12,13). The summed E-state index contributed by atoms with van der Waals surface area (Å²) in [4.78, 5) is 3.90. The lowest BCUT2D eigenvalue weighted by molar-refractivity contribution is 0.371. The summed E-state index contributed by atoms with van der Waals surface area (Å²) < 4.78 is 13.1. The molecule has 1 heterocycles. The molecule has 3 nitrogen and oxygen atoms in total. The van der Waals surface area contributed by atoms with Gasteiger partial charge in [0, 0.05) is 18.3 Å². The number of nitrogens with zero attached hydrogens (tertiary/aromatic N) is 1. The van der Waals surface area contributed by atoms with E-state index in [0.717, 1.165) is 12.8 Å². The lowest BCUT2D eigenvalue weighted by atomic mass is 9.88. The van der Waals surface area contributed by atoms with Crippen LogP contribution in [0.3, 0.4) is 0 Å². The molecule has 2 rings (SSSR count). The summed E-state index contributed by atoms with van der Waals surface area (Å²) >= 11 is 0. The van der Waals surface area contributed by atoms with Crippen molar-refractivity contribution in [3.05, 3.63) is 24.1 Å². The van der Waals surface area contributed by atoms with Crippen LogP contribution in [0.1, 0.15) is 12.8 Å². The molecule has 1 aromatic rings. The van der Waals surface area contributed by atoms with E-state index in [2.05, 4.69) is 10.3 Å².